The van der Waals surface area contributed by atoms with Gasteiger partial charge < -0.3 is 19.8 Å². The number of hydrogen-bond acceptors (Lipinski definition) is 5. The van der Waals surface area contributed by atoms with E-state index in [1.54, 1.807) is 41.6 Å². The van der Waals surface area contributed by atoms with Crippen molar-refractivity contribution in [2.75, 3.05) is 25.0 Å². The molecule has 0 radical (unpaired) electrons. The van der Waals surface area contributed by atoms with Crippen LogP contribution in [0.5, 0.6) is 5.75 Å². The summed E-state index contributed by atoms with van der Waals surface area (Å²) in [5.41, 5.74) is 0.730. The fourth-order valence-corrected chi connectivity index (χ4v) is 4.18. The van der Waals surface area contributed by atoms with E-state index in [1.807, 2.05) is 6.07 Å². The Morgan fingerprint density at radius 1 is 1.03 bits per heavy atom. The number of amides is 2. The van der Waals surface area contributed by atoms with E-state index in [1.165, 1.54) is 11.3 Å². The van der Waals surface area contributed by atoms with Crippen LogP contribution >= 0.6 is 0 Å². The standard InChI is InChI=1S/C23H30N4O4/c28-22(19-5-2-1-3-6-19)25-20-7-9-21(10-8-20)31-23(29)26-15-11-18(12-16-26)17-30-27-14-4-13-24-27/h4,7-10,13-14,18-19H,1-3,5-6,11-12,15-17H2,(H,25,28). The van der Waals surface area contributed by atoms with Crippen LogP contribution in [-0.2, 0) is 4.79 Å². The highest BCUT2D eigenvalue weighted by atomic mass is 16.7. The van der Waals surface area contributed by atoms with Gasteiger partial charge in [0, 0.05) is 24.7 Å². The lowest BCUT2D eigenvalue weighted by atomic mass is 9.88. The van der Waals surface area contributed by atoms with Crippen molar-refractivity contribution in [2.45, 2.75) is 44.9 Å². The van der Waals surface area contributed by atoms with Gasteiger partial charge in [-0.3, -0.25) is 4.79 Å². The minimum absolute atomic E-state index is 0.0869. The molecule has 1 aromatic heterocycles. The molecule has 2 fully saturated rings. The van der Waals surface area contributed by atoms with Gasteiger partial charge in [0.15, 0.2) is 0 Å². The van der Waals surface area contributed by atoms with Crippen molar-refractivity contribution < 1.29 is 19.2 Å². The average Bonchev–Trinajstić information content (AvgIpc) is 3.33. The molecule has 0 unspecified atom stereocenters. The van der Waals surface area contributed by atoms with Crippen molar-refractivity contribution in [1.82, 2.24) is 14.8 Å². The lowest BCUT2D eigenvalue weighted by molar-refractivity contribution is -0.120. The van der Waals surface area contributed by atoms with Crippen molar-refractivity contribution in [3.8, 4) is 5.75 Å². The molecule has 1 aliphatic heterocycles. The van der Waals surface area contributed by atoms with E-state index in [0.29, 0.717) is 31.4 Å². The smallest absolute Gasteiger partial charge is 0.410 e. The maximum Gasteiger partial charge on any atom is 0.415 e. The molecule has 1 aromatic carbocycles. The van der Waals surface area contributed by atoms with E-state index in [9.17, 15) is 9.59 Å². The number of hydrogen-bond donors (Lipinski definition) is 1. The molecule has 0 bridgehead atoms. The summed E-state index contributed by atoms with van der Waals surface area (Å²) in [5, 5.41) is 7.00. The molecule has 1 saturated carbocycles. The largest absolute Gasteiger partial charge is 0.415 e. The lowest BCUT2D eigenvalue weighted by Crippen LogP contribution is -2.41. The van der Waals surface area contributed by atoms with Crippen LogP contribution in [-0.4, -0.2) is 46.5 Å². The summed E-state index contributed by atoms with van der Waals surface area (Å²) in [7, 11) is 0. The summed E-state index contributed by atoms with van der Waals surface area (Å²) in [6.45, 7) is 1.86. The first-order valence-corrected chi connectivity index (χ1v) is 11.2. The number of anilines is 1. The minimum Gasteiger partial charge on any atom is -0.410 e. The first-order valence-electron chi connectivity index (χ1n) is 11.2. The number of piperidine rings is 1. The highest BCUT2D eigenvalue weighted by molar-refractivity contribution is 5.92. The molecule has 4 rings (SSSR count). The molecule has 2 aromatic rings. The third kappa shape index (κ3) is 5.99. The number of likely N-dealkylation sites (tertiary alicyclic amines) is 1. The Bertz CT molecular complexity index is 839. The molecule has 2 aliphatic rings. The van der Waals surface area contributed by atoms with Crippen molar-refractivity contribution in [3.63, 3.8) is 0 Å². The maximum atomic E-state index is 12.5. The molecule has 8 nitrogen and oxygen atoms in total. The van der Waals surface area contributed by atoms with E-state index in [-0.39, 0.29) is 17.9 Å². The van der Waals surface area contributed by atoms with Crippen LogP contribution < -0.4 is 14.9 Å². The Morgan fingerprint density at radius 2 is 1.77 bits per heavy atom. The highest BCUT2D eigenvalue weighted by Crippen LogP contribution is 2.26. The Labute approximate surface area is 182 Å². The van der Waals surface area contributed by atoms with Crippen molar-refractivity contribution in [1.29, 1.82) is 0 Å². The number of nitrogens with zero attached hydrogens (tertiary/aromatic N) is 3. The first kappa shape index (κ1) is 21.2. The molecule has 0 spiro atoms. The minimum atomic E-state index is -0.342. The van der Waals surface area contributed by atoms with Crippen molar-refractivity contribution in [2.24, 2.45) is 11.8 Å². The second kappa shape index (κ2) is 10.3. The van der Waals surface area contributed by atoms with Gasteiger partial charge in [0.25, 0.3) is 0 Å². The number of ether oxygens (including phenoxy) is 1. The Balaban J connectivity index is 1.19. The molecule has 8 heteroatoms. The number of aromatic nitrogens is 2. The van der Waals surface area contributed by atoms with Crippen LogP contribution in [0.2, 0.25) is 0 Å². The SMILES string of the molecule is O=C(Nc1ccc(OC(=O)N2CCC(COn3cccn3)CC2)cc1)C1CCCCC1. The molecule has 1 N–H and O–H groups in total. The lowest BCUT2D eigenvalue weighted by Gasteiger charge is -2.30. The number of nitrogens with one attached hydrogen (secondary N) is 1. The number of benzene rings is 1. The molecular formula is C23H30N4O4. The third-order valence-electron chi connectivity index (χ3n) is 6.10. The van der Waals surface area contributed by atoms with Gasteiger partial charge in [0.2, 0.25) is 5.91 Å². The maximum absolute atomic E-state index is 12.5. The normalized spacial score (nSPS) is 17.9. The van der Waals surface area contributed by atoms with Crippen LogP contribution in [0.25, 0.3) is 0 Å². The van der Waals surface area contributed by atoms with Gasteiger partial charge in [-0.25, -0.2) is 4.79 Å². The second-order valence-corrected chi connectivity index (χ2v) is 8.35. The summed E-state index contributed by atoms with van der Waals surface area (Å²) in [6, 6.07) is 8.82. The van der Waals surface area contributed by atoms with Crippen LogP contribution in [0.15, 0.2) is 42.7 Å². The van der Waals surface area contributed by atoms with Crippen molar-refractivity contribution in [3.05, 3.63) is 42.7 Å². The number of carbonyl (C=O) groups excluding carboxylic acids is 2. The Hall–Kier alpha value is -3.03. The van der Waals surface area contributed by atoms with Gasteiger partial charge in [-0.15, -0.1) is 9.94 Å². The molecule has 2 heterocycles. The first-order chi connectivity index (χ1) is 15.2. The van der Waals surface area contributed by atoms with E-state index >= 15 is 0 Å². The summed E-state index contributed by atoms with van der Waals surface area (Å²) < 4.78 is 5.51. The zero-order valence-electron chi connectivity index (χ0n) is 17.7. The Kier molecular flexibility index (Phi) is 7.07. The van der Waals surface area contributed by atoms with E-state index < -0.39 is 0 Å². The van der Waals surface area contributed by atoms with Gasteiger partial charge in [-0.05, 0) is 61.9 Å². The molecule has 1 saturated heterocycles. The Morgan fingerprint density at radius 3 is 2.45 bits per heavy atom. The highest BCUT2D eigenvalue weighted by Gasteiger charge is 2.25. The predicted molar refractivity (Wildman–Crippen MR) is 116 cm³/mol. The van der Waals surface area contributed by atoms with Gasteiger partial charge in [-0.1, -0.05) is 19.3 Å². The van der Waals surface area contributed by atoms with E-state index in [4.69, 9.17) is 9.57 Å². The van der Waals surface area contributed by atoms with Crippen LogP contribution in [0.3, 0.4) is 0 Å². The fraction of sp³-hybridized carbons (Fsp3) is 0.522. The average molecular weight is 427 g/mol. The van der Waals surface area contributed by atoms with Gasteiger partial charge in [0.1, 0.15) is 12.4 Å². The van der Waals surface area contributed by atoms with Gasteiger partial charge in [-0.2, -0.15) is 0 Å². The van der Waals surface area contributed by atoms with Crippen LogP contribution in [0, 0.1) is 11.8 Å². The zero-order chi connectivity index (χ0) is 21.5. The topological polar surface area (TPSA) is 85.7 Å². The number of rotatable bonds is 6. The fourth-order valence-electron chi connectivity index (χ4n) is 4.18. The zero-order valence-corrected chi connectivity index (χ0v) is 17.7. The summed E-state index contributed by atoms with van der Waals surface area (Å²) >= 11 is 0. The van der Waals surface area contributed by atoms with Gasteiger partial charge in [0.05, 0.1) is 12.4 Å². The summed E-state index contributed by atoms with van der Waals surface area (Å²) in [4.78, 5) is 33.6. The second-order valence-electron chi connectivity index (χ2n) is 8.35. The summed E-state index contributed by atoms with van der Waals surface area (Å²) in [6.07, 6.45) is 10.2. The van der Waals surface area contributed by atoms with Crippen LogP contribution in [0.4, 0.5) is 10.5 Å². The van der Waals surface area contributed by atoms with Crippen molar-refractivity contribution >= 4 is 17.7 Å². The molecule has 0 atom stereocenters. The molecular weight excluding hydrogens is 396 g/mol. The predicted octanol–water partition coefficient (Wildman–Crippen LogP) is 3.74. The summed E-state index contributed by atoms with van der Waals surface area (Å²) in [5.74, 6) is 1.06. The molecule has 166 valence electrons. The quantitative estimate of drug-likeness (QED) is 0.761. The third-order valence-corrected chi connectivity index (χ3v) is 6.10. The van der Waals surface area contributed by atoms with Crippen LogP contribution in [0.1, 0.15) is 44.9 Å². The molecule has 2 amide bonds. The molecule has 1 aliphatic carbocycles. The molecule has 31 heavy (non-hydrogen) atoms. The number of carbonyl (C=O) groups is 2. The van der Waals surface area contributed by atoms with E-state index in [0.717, 1.165) is 44.2 Å². The monoisotopic (exact) mass is 426 g/mol. The van der Waals surface area contributed by atoms with E-state index in [2.05, 4.69) is 10.4 Å². The van der Waals surface area contributed by atoms with Gasteiger partial charge >= 0.3 is 6.09 Å².